The van der Waals surface area contributed by atoms with Gasteiger partial charge in [-0.15, -0.1) is 0 Å². The molecule has 1 saturated heterocycles. The molecule has 2 aliphatic rings. The Bertz CT molecular complexity index is 1480. The molecule has 1 aromatic heterocycles. The minimum atomic E-state index is -1.29. The molecule has 4 N–H and O–H groups in total. The van der Waals surface area contributed by atoms with Gasteiger partial charge in [-0.2, -0.15) is 0 Å². The maximum absolute atomic E-state index is 15.0. The van der Waals surface area contributed by atoms with Crippen molar-refractivity contribution in [3.8, 4) is 11.6 Å². The summed E-state index contributed by atoms with van der Waals surface area (Å²) in [5, 5.41) is 9.15. The second-order valence-corrected chi connectivity index (χ2v) is 10.1. The average Bonchev–Trinajstić information content (AvgIpc) is 3.82. The van der Waals surface area contributed by atoms with E-state index in [1.807, 2.05) is 0 Å². The SMILES string of the molecule is Nc1ncnc(Oc2ccc(NC(=O)C3(C(=O)Nc4ccc(F)cc4)CC3)cc2F)c1/C=N/OCCCN1CCOCC1. The van der Waals surface area contributed by atoms with Gasteiger partial charge in [-0.05, 0) is 55.7 Å². The molecule has 5 rings (SSSR count). The normalized spacial score (nSPS) is 16.0. The molecule has 3 aromatic rings. The lowest BCUT2D eigenvalue weighted by Crippen LogP contribution is -2.37. The molecule has 0 spiro atoms. The highest BCUT2D eigenvalue weighted by molar-refractivity contribution is 6.16. The zero-order valence-electron chi connectivity index (χ0n) is 23.2. The number of carbonyl (C=O) groups excluding carboxylic acids is 2. The fourth-order valence-corrected chi connectivity index (χ4v) is 4.40. The first-order chi connectivity index (χ1) is 20.8. The Morgan fingerprint density at radius 1 is 1.05 bits per heavy atom. The summed E-state index contributed by atoms with van der Waals surface area (Å²) in [6, 6.07) is 9.02. The molecule has 0 radical (unpaired) electrons. The number of carbonyl (C=O) groups is 2. The highest BCUT2D eigenvalue weighted by Gasteiger charge is 2.56. The van der Waals surface area contributed by atoms with Crippen LogP contribution in [0.1, 0.15) is 24.8 Å². The van der Waals surface area contributed by atoms with Crippen LogP contribution in [-0.2, 0) is 19.2 Å². The van der Waals surface area contributed by atoms with Gasteiger partial charge in [-0.3, -0.25) is 14.5 Å². The van der Waals surface area contributed by atoms with E-state index in [9.17, 15) is 14.0 Å². The molecule has 226 valence electrons. The minimum Gasteiger partial charge on any atom is -0.435 e. The lowest BCUT2D eigenvalue weighted by molar-refractivity contribution is -0.131. The molecular weight excluding hydrogens is 564 g/mol. The lowest BCUT2D eigenvalue weighted by atomic mass is 10.0. The number of hydrogen-bond donors (Lipinski definition) is 3. The van der Waals surface area contributed by atoms with E-state index in [4.69, 9.17) is 20.0 Å². The Labute approximate surface area is 246 Å². The molecule has 14 heteroatoms. The van der Waals surface area contributed by atoms with Gasteiger partial charge in [0.2, 0.25) is 17.7 Å². The Morgan fingerprint density at radius 3 is 2.44 bits per heavy atom. The van der Waals surface area contributed by atoms with Crippen LogP contribution in [0.4, 0.5) is 26.0 Å². The molecule has 1 aliphatic heterocycles. The first-order valence-corrected chi connectivity index (χ1v) is 13.8. The average molecular weight is 596 g/mol. The van der Waals surface area contributed by atoms with E-state index < -0.39 is 28.9 Å². The summed E-state index contributed by atoms with van der Waals surface area (Å²) in [5.41, 5.74) is 5.37. The Kier molecular flexibility index (Phi) is 9.37. The Morgan fingerprint density at radius 2 is 1.74 bits per heavy atom. The number of nitrogens with one attached hydrogen (secondary N) is 2. The maximum atomic E-state index is 15.0. The van der Waals surface area contributed by atoms with E-state index in [1.165, 1.54) is 48.9 Å². The third kappa shape index (κ3) is 7.59. The van der Waals surface area contributed by atoms with Gasteiger partial charge >= 0.3 is 0 Å². The third-order valence-electron chi connectivity index (χ3n) is 7.07. The summed E-state index contributed by atoms with van der Waals surface area (Å²) < 4.78 is 39.2. The van der Waals surface area contributed by atoms with Crippen LogP contribution in [0.25, 0.3) is 0 Å². The number of oxime groups is 1. The number of rotatable bonds is 12. The van der Waals surface area contributed by atoms with E-state index in [-0.39, 0.29) is 28.7 Å². The third-order valence-corrected chi connectivity index (χ3v) is 7.07. The van der Waals surface area contributed by atoms with Gasteiger partial charge in [0.1, 0.15) is 35.5 Å². The number of aromatic nitrogens is 2. The fraction of sp³-hybridized carbons (Fsp3) is 0.345. The summed E-state index contributed by atoms with van der Waals surface area (Å²) in [5.74, 6) is -2.51. The number of hydrogen-bond acceptors (Lipinski definition) is 10. The standard InChI is InChI=1S/C29H31F2N7O5/c30-19-2-4-20(5-3-19)36-27(39)29(8-9-29)28(40)37-21-6-7-24(23(31)16-21)43-26-22(25(32)33-18-34-26)17-35-42-13-1-10-38-11-14-41-15-12-38/h2-7,16-18H,1,8-15H2,(H,36,39)(H,37,40)(H2,32,33,34)/b35-17+. The summed E-state index contributed by atoms with van der Waals surface area (Å²) in [6.45, 7) is 4.49. The molecule has 2 aromatic carbocycles. The quantitative estimate of drug-likeness (QED) is 0.123. The van der Waals surface area contributed by atoms with Crippen molar-refractivity contribution >= 4 is 35.2 Å². The van der Waals surface area contributed by atoms with E-state index in [0.717, 1.165) is 45.3 Å². The number of benzene rings is 2. The van der Waals surface area contributed by atoms with Gasteiger partial charge in [-0.25, -0.2) is 18.7 Å². The molecule has 0 atom stereocenters. The molecule has 1 aliphatic carbocycles. The molecule has 12 nitrogen and oxygen atoms in total. The fourth-order valence-electron chi connectivity index (χ4n) is 4.40. The van der Waals surface area contributed by atoms with Crippen molar-refractivity contribution in [3.05, 3.63) is 66.0 Å². The summed E-state index contributed by atoms with van der Waals surface area (Å²) in [7, 11) is 0. The summed E-state index contributed by atoms with van der Waals surface area (Å²) in [4.78, 5) is 41.3. The molecule has 0 bridgehead atoms. The van der Waals surface area contributed by atoms with Crippen LogP contribution in [0.2, 0.25) is 0 Å². The van der Waals surface area contributed by atoms with Crippen molar-refractivity contribution in [1.82, 2.24) is 14.9 Å². The number of amides is 2. The zero-order chi connectivity index (χ0) is 30.2. The lowest BCUT2D eigenvalue weighted by Gasteiger charge is -2.26. The monoisotopic (exact) mass is 595 g/mol. The van der Waals surface area contributed by atoms with Crippen molar-refractivity contribution in [2.75, 3.05) is 55.8 Å². The minimum absolute atomic E-state index is 0.0433. The highest BCUT2D eigenvalue weighted by atomic mass is 19.1. The van der Waals surface area contributed by atoms with Gasteiger partial charge < -0.3 is 30.7 Å². The molecule has 2 heterocycles. The van der Waals surface area contributed by atoms with E-state index in [1.54, 1.807) is 0 Å². The molecule has 0 unspecified atom stereocenters. The van der Waals surface area contributed by atoms with Crippen molar-refractivity contribution < 1.29 is 32.7 Å². The van der Waals surface area contributed by atoms with E-state index in [0.29, 0.717) is 25.1 Å². The van der Waals surface area contributed by atoms with E-state index >= 15 is 4.39 Å². The van der Waals surface area contributed by atoms with E-state index in [2.05, 4.69) is 30.7 Å². The second kappa shape index (κ2) is 13.5. The van der Waals surface area contributed by atoms with Gasteiger partial charge in [0, 0.05) is 37.1 Å². The van der Waals surface area contributed by atoms with Gasteiger partial charge in [0.05, 0.1) is 19.4 Å². The van der Waals surface area contributed by atoms with Crippen LogP contribution in [0, 0.1) is 17.0 Å². The highest BCUT2D eigenvalue weighted by Crippen LogP contribution is 2.47. The zero-order valence-corrected chi connectivity index (χ0v) is 23.2. The van der Waals surface area contributed by atoms with Crippen LogP contribution in [-0.4, -0.2) is 72.4 Å². The van der Waals surface area contributed by atoms with Gasteiger partial charge in [0.15, 0.2) is 11.6 Å². The summed E-state index contributed by atoms with van der Waals surface area (Å²) >= 11 is 0. The number of nitrogens with two attached hydrogens (primary N) is 1. The smallest absolute Gasteiger partial charge is 0.240 e. The summed E-state index contributed by atoms with van der Waals surface area (Å²) in [6.07, 6.45) is 3.90. The number of ether oxygens (including phenoxy) is 2. The Hall–Kier alpha value is -4.69. The number of nitrogen functional groups attached to an aromatic ring is 1. The van der Waals surface area contributed by atoms with Crippen LogP contribution < -0.4 is 21.1 Å². The number of morpholine rings is 1. The molecule has 1 saturated carbocycles. The topological polar surface area (TPSA) is 153 Å². The second-order valence-electron chi connectivity index (χ2n) is 10.1. The maximum Gasteiger partial charge on any atom is 0.240 e. The van der Waals surface area contributed by atoms with Crippen molar-refractivity contribution in [1.29, 1.82) is 0 Å². The molecular formula is C29H31F2N7O5. The van der Waals surface area contributed by atoms with Crippen LogP contribution in [0.5, 0.6) is 11.6 Å². The predicted octanol–water partition coefficient (Wildman–Crippen LogP) is 3.56. The number of anilines is 3. The van der Waals surface area contributed by atoms with Gasteiger partial charge in [-0.1, -0.05) is 5.16 Å². The predicted molar refractivity (Wildman–Crippen MR) is 154 cm³/mol. The van der Waals surface area contributed by atoms with Crippen LogP contribution in [0.3, 0.4) is 0 Å². The first kappa shape index (κ1) is 29.8. The molecule has 43 heavy (non-hydrogen) atoms. The van der Waals surface area contributed by atoms with Gasteiger partial charge in [0.25, 0.3) is 0 Å². The molecule has 2 amide bonds. The van der Waals surface area contributed by atoms with Crippen LogP contribution in [0.15, 0.2) is 53.9 Å². The van der Waals surface area contributed by atoms with Crippen molar-refractivity contribution in [3.63, 3.8) is 0 Å². The number of nitrogens with zero attached hydrogens (tertiary/aromatic N) is 4. The molecule has 2 fully saturated rings. The van der Waals surface area contributed by atoms with Crippen molar-refractivity contribution in [2.24, 2.45) is 10.6 Å². The van der Waals surface area contributed by atoms with Crippen LogP contribution >= 0.6 is 0 Å². The Balaban J connectivity index is 1.17. The number of halogens is 2. The van der Waals surface area contributed by atoms with Crippen molar-refractivity contribution in [2.45, 2.75) is 19.3 Å². The largest absolute Gasteiger partial charge is 0.435 e. The first-order valence-electron chi connectivity index (χ1n) is 13.8.